The molecule has 0 aromatic rings. The predicted molar refractivity (Wildman–Crippen MR) is 75.8 cm³/mol. The van der Waals surface area contributed by atoms with E-state index < -0.39 is 15.3 Å². The number of piperidine rings is 1. The van der Waals surface area contributed by atoms with Crippen LogP contribution in [0.15, 0.2) is 0 Å². The highest BCUT2D eigenvalue weighted by molar-refractivity contribution is 7.90. The van der Waals surface area contributed by atoms with Crippen molar-refractivity contribution >= 4 is 15.9 Å². The lowest BCUT2D eigenvalue weighted by Crippen LogP contribution is -2.49. The first-order valence-electron chi connectivity index (χ1n) is 7.36. The van der Waals surface area contributed by atoms with E-state index in [1.165, 1.54) is 0 Å². The van der Waals surface area contributed by atoms with E-state index >= 15 is 0 Å². The Bertz CT molecular complexity index is 432. The normalized spacial score (nSPS) is 26.6. The van der Waals surface area contributed by atoms with Crippen LogP contribution in [0.5, 0.6) is 0 Å². The Hall–Kier alpha value is -0.660. The Balaban J connectivity index is 1.85. The first-order chi connectivity index (χ1) is 9.50. The fraction of sp³-hybridized carbons (Fsp3) is 0.923. The van der Waals surface area contributed by atoms with Crippen molar-refractivity contribution in [3.8, 4) is 0 Å². The van der Waals surface area contributed by atoms with E-state index in [0.29, 0.717) is 19.4 Å². The first kappa shape index (κ1) is 15.7. The fourth-order valence-corrected chi connectivity index (χ4v) is 4.18. The molecule has 20 heavy (non-hydrogen) atoms. The molecule has 0 aromatic carbocycles. The molecule has 2 aliphatic heterocycles. The quantitative estimate of drug-likeness (QED) is 0.802. The van der Waals surface area contributed by atoms with Gasteiger partial charge in [0, 0.05) is 32.2 Å². The van der Waals surface area contributed by atoms with Gasteiger partial charge >= 0.3 is 0 Å². The summed E-state index contributed by atoms with van der Waals surface area (Å²) in [5.41, 5.74) is 0. The minimum absolute atomic E-state index is 0.0953. The summed E-state index contributed by atoms with van der Waals surface area (Å²) in [6.45, 7) is 3.82. The summed E-state index contributed by atoms with van der Waals surface area (Å²) in [5.74, 6) is 0.129. The predicted octanol–water partition coefficient (Wildman–Crippen LogP) is 0.486. The zero-order valence-electron chi connectivity index (χ0n) is 12.0. The minimum atomic E-state index is -3.35. The standard InChI is InChI=1S/C13H24N2O4S/c1-11(15-7-3-2-6-13(15)16)9-14-20(17,18)12-5-4-8-19-10-12/h11-12,14H,2-10H2,1H3. The summed E-state index contributed by atoms with van der Waals surface area (Å²) in [4.78, 5) is 13.6. The Morgan fingerprint density at radius 3 is 2.85 bits per heavy atom. The highest BCUT2D eigenvalue weighted by Gasteiger charge is 2.29. The van der Waals surface area contributed by atoms with Crippen molar-refractivity contribution < 1.29 is 17.9 Å². The molecule has 7 heteroatoms. The second-order valence-electron chi connectivity index (χ2n) is 5.63. The third kappa shape index (κ3) is 3.93. The van der Waals surface area contributed by atoms with Crippen molar-refractivity contribution in [2.75, 3.05) is 26.3 Å². The van der Waals surface area contributed by atoms with E-state index in [1.54, 1.807) is 4.90 Å². The molecular formula is C13H24N2O4S. The Kier molecular flexibility index (Phi) is 5.40. The number of likely N-dealkylation sites (tertiary alicyclic amines) is 1. The van der Waals surface area contributed by atoms with Gasteiger partial charge in [-0.2, -0.15) is 0 Å². The summed E-state index contributed by atoms with van der Waals surface area (Å²) in [6, 6.07) is -0.0953. The molecule has 2 fully saturated rings. The maximum absolute atomic E-state index is 12.2. The first-order valence-corrected chi connectivity index (χ1v) is 8.91. The number of sulfonamides is 1. The summed E-state index contributed by atoms with van der Waals surface area (Å²) < 4.78 is 32.2. The summed E-state index contributed by atoms with van der Waals surface area (Å²) in [5, 5.41) is -0.458. The maximum atomic E-state index is 12.2. The van der Waals surface area contributed by atoms with Crippen LogP contribution in [0.3, 0.4) is 0 Å². The number of rotatable bonds is 5. The van der Waals surface area contributed by atoms with Gasteiger partial charge in [0.1, 0.15) is 0 Å². The van der Waals surface area contributed by atoms with Gasteiger partial charge in [0.2, 0.25) is 15.9 Å². The summed E-state index contributed by atoms with van der Waals surface area (Å²) >= 11 is 0. The number of hydrogen-bond donors (Lipinski definition) is 1. The van der Waals surface area contributed by atoms with E-state index in [9.17, 15) is 13.2 Å². The molecule has 0 spiro atoms. The van der Waals surface area contributed by atoms with Gasteiger partial charge in [-0.25, -0.2) is 13.1 Å². The molecule has 6 nitrogen and oxygen atoms in total. The molecule has 0 aromatic heterocycles. The van der Waals surface area contributed by atoms with Gasteiger partial charge in [-0.3, -0.25) is 4.79 Å². The molecule has 2 unspecified atom stereocenters. The van der Waals surface area contributed by atoms with Gasteiger partial charge in [-0.15, -0.1) is 0 Å². The number of carbonyl (C=O) groups excluding carboxylic acids is 1. The van der Waals surface area contributed by atoms with Crippen LogP contribution in [0.1, 0.15) is 39.0 Å². The van der Waals surface area contributed by atoms with Gasteiger partial charge < -0.3 is 9.64 Å². The molecule has 1 N–H and O–H groups in total. The van der Waals surface area contributed by atoms with Crippen LogP contribution in [0.2, 0.25) is 0 Å². The lowest BCUT2D eigenvalue weighted by molar-refractivity contribution is -0.135. The van der Waals surface area contributed by atoms with Crippen molar-refractivity contribution in [3.63, 3.8) is 0 Å². The highest BCUT2D eigenvalue weighted by atomic mass is 32.2. The SMILES string of the molecule is CC(CNS(=O)(=O)C1CCCOC1)N1CCCCC1=O. The van der Waals surface area contributed by atoms with Crippen LogP contribution in [-0.4, -0.2) is 56.8 Å². The molecule has 116 valence electrons. The molecule has 2 heterocycles. The molecule has 2 aliphatic rings. The van der Waals surface area contributed by atoms with E-state index in [4.69, 9.17) is 4.74 Å². The van der Waals surface area contributed by atoms with Crippen molar-refractivity contribution in [3.05, 3.63) is 0 Å². The van der Waals surface area contributed by atoms with Gasteiger partial charge in [0.05, 0.1) is 11.9 Å². The summed E-state index contributed by atoms with van der Waals surface area (Å²) in [6.07, 6.45) is 3.94. The topological polar surface area (TPSA) is 75.7 Å². The van der Waals surface area contributed by atoms with Gasteiger partial charge in [0.25, 0.3) is 0 Å². The monoisotopic (exact) mass is 304 g/mol. The number of amides is 1. The molecule has 2 saturated heterocycles. The molecule has 0 saturated carbocycles. The number of nitrogens with zero attached hydrogens (tertiary/aromatic N) is 1. The Morgan fingerprint density at radius 1 is 1.40 bits per heavy atom. The van der Waals surface area contributed by atoms with Crippen molar-refractivity contribution in [1.29, 1.82) is 0 Å². The van der Waals surface area contributed by atoms with Crippen LogP contribution in [0.25, 0.3) is 0 Å². The smallest absolute Gasteiger partial charge is 0.222 e. The molecular weight excluding hydrogens is 280 g/mol. The molecule has 1 amide bonds. The lowest BCUT2D eigenvalue weighted by atomic mass is 10.1. The largest absolute Gasteiger partial charge is 0.380 e. The fourth-order valence-electron chi connectivity index (χ4n) is 2.71. The Morgan fingerprint density at radius 2 is 2.20 bits per heavy atom. The third-order valence-corrected chi connectivity index (χ3v) is 5.85. The molecule has 0 bridgehead atoms. The van der Waals surface area contributed by atoms with Crippen molar-refractivity contribution in [1.82, 2.24) is 9.62 Å². The van der Waals surface area contributed by atoms with Crippen LogP contribution in [-0.2, 0) is 19.6 Å². The molecule has 0 aliphatic carbocycles. The maximum Gasteiger partial charge on any atom is 0.222 e. The van der Waals surface area contributed by atoms with Crippen LogP contribution in [0, 0.1) is 0 Å². The van der Waals surface area contributed by atoms with Crippen LogP contribution >= 0.6 is 0 Å². The molecule has 2 atom stereocenters. The van der Waals surface area contributed by atoms with Gasteiger partial charge in [-0.1, -0.05) is 0 Å². The second kappa shape index (κ2) is 6.87. The van der Waals surface area contributed by atoms with E-state index in [1.807, 2.05) is 6.92 Å². The van der Waals surface area contributed by atoms with Crippen LogP contribution in [0.4, 0.5) is 0 Å². The third-order valence-electron chi connectivity index (χ3n) is 4.03. The zero-order chi connectivity index (χ0) is 14.6. The van der Waals surface area contributed by atoms with Crippen molar-refractivity contribution in [2.45, 2.75) is 50.3 Å². The average Bonchev–Trinajstić information content (AvgIpc) is 2.46. The van der Waals surface area contributed by atoms with Gasteiger partial charge in [0.15, 0.2) is 0 Å². The second-order valence-corrected chi connectivity index (χ2v) is 7.67. The van der Waals surface area contributed by atoms with Gasteiger partial charge in [-0.05, 0) is 32.6 Å². The number of carbonyl (C=O) groups is 1. The minimum Gasteiger partial charge on any atom is -0.380 e. The van der Waals surface area contributed by atoms with E-state index in [-0.39, 0.29) is 25.1 Å². The lowest BCUT2D eigenvalue weighted by Gasteiger charge is -2.33. The Labute approximate surface area is 120 Å². The average molecular weight is 304 g/mol. The highest BCUT2D eigenvalue weighted by Crippen LogP contribution is 2.16. The number of hydrogen-bond acceptors (Lipinski definition) is 4. The molecule has 2 rings (SSSR count). The van der Waals surface area contributed by atoms with E-state index in [0.717, 1.165) is 25.8 Å². The molecule has 0 radical (unpaired) electrons. The van der Waals surface area contributed by atoms with Crippen molar-refractivity contribution in [2.24, 2.45) is 0 Å². The number of ether oxygens (including phenoxy) is 1. The zero-order valence-corrected chi connectivity index (χ0v) is 12.8. The number of nitrogens with one attached hydrogen (secondary N) is 1. The van der Waals surface area contributed by atoms with E-state index in [2.05, 4.69) is 4.72 Å². The van der Waals surface area contributed by atoms with Crippen LogP contribution < -0.4 is 4.72 Å². The summed E-state index contributed by atoms with van der Waals surface area (Å²) in [7, 11) is -3.35.